The molecule has 2 atom stereocenters. The molecule has 2 aromatic rings. The highest BCUT2D eigenvalue weighted by molar-refractivity contribution is 5.77. The highest BCUT2D eigenvalue weighted by Crippen LogP contribution is 2.30. The van der Waals surface area contributed by atoms with Crippen LogP contribution in [0, 0.1) is 5.92 Å². The summed E-state index contributed by atoms with van der Waals surface area (Å²) in [6, 6.07) is 10.6. The fourth-order valence-corrected chi connectivity index (χ4v) is 3.79. The molecule has 2 N–H and O–H groups in total. The third-order valence-corrected chi connectivity index (χ3v) is 5.29. The number of nitrogens with one attached hydrogen (secondary N) is 2. The predicted molar refractivity (Wildman–Crippen MR) is 98.3 cm³/mol. The molecule has 6 nitrogen and oxygen atoms in total. The molecule has 6 heteroatoms. The van der Waals surface area contributed by atoms with Crippen molar-refractivity contribution in [3.63, 3.8) is 0 Å². The molecule has 25 heavy (non-hydrogen) atoms. The zero-order valence-electron chi connectivity index (χ0n) is 14.9. The number of nitrogens with zero attached hydrogens (tertiary/aromatic N) is 2. The first-order valence-corrected chi connectivity index (χ1v) is 9.25. The van der Waals surface area contributed by atoms with E-state index in [1.54, 1.807) is 0 Å². The van der Waals surface area contributed by atoms with Crippen molar-refractivity contribution >= 4 is 11.0 Å². The van der Waals surface area contributed by atoms with E-state index in [9.17, 15) is 0 Å². The molecule has 136 valence electrons. The van der Waals surface area contributed by atoms with Crippen molar-refractivity contribution in [2.75, 3.05) is 59.5 Å². The summed E-state index contributed by atoms with van der Waals surface area (Å²) in [7, 11) is 2.22. The third kappa shape index (κ3) is 4.04. The number of furan rings is 1. The van der Waals surface area contributed by atoms with Crippen LogP contribution in [0.5, 0.6) is 0 Å². The van der Waals surface area contributed by atoms with Crippen LogP contribution in [-0.2, 0) is 4.74 Å². The van der Waals surface area contributed by atoms with Crippen molar-refractivity contribution in [1.29, 1.82) is 0 Å². The molecule has 1 aromatic carbocycles. The van der Waals surface area contributed by atoms with Crippen LogP contribution in [0.1, 0.15) is 11.8 Å². The second-order valence-electron chi connectivity index (χ2n) is 7.17. The van der Waals surface area contributed by atoms with Crippen LogP contribution in [0.2, 0.25) is 0 Å². The molecule has 0 spiro atoms. The van der Waals surface area contributed by atoms with Gasteiger partial charge in [-0.25, -0.2) is 5.43 Å². The zero-order chi connectivity index (χ0) is 17.1. The Labute approximate surface area is 149 Å². The highest BCUT2D eigenvalue weighted by Gasteiger charge is 2.31. The van der Waals surface area contributed by atoms with Crippen molar-refractivity contribution in [3.8, 4) is 0 Å². The Morgan fingerprint density at radius 2 is 2.08 bits per heavy atom. The fraction of sp³-hybridized carbons (Fsp3) is 0.579. The fourth-order valence-electron chi connectivity index (χ4n) is 3.79. The van der Waals surface area contributed by atoms with Gasteiger partial charge >= 0.3 is 0 Å². The Morgan fingerprint density at radius 1 is 1.24 bits per heavy atom. The molecule has 2 aliphatic rings. The quantitative estimate of drug-likeness (QED) is 0.828. The number of likely N-dealkylation sites (N-methyl/N-ethyl adjacent to an activating group) is 1. The standard InChI is InChI=1S/C19H28N4O2/c1-22(6-7-23-8-10-24-11-9-23)14-16-13-20-21-19(16)18-12-15-4-2-3-5-17(15)25-18/h2-5,12,16,19-21H,6-11,13-14H2,1H3. The maximum absolute atomic E-state index is 6.08. The second kappa shape index (κ2) is 7.85. The van der Waals surface area contributed by atoms with E-state index >= 15 is 0 Å². The molecular weight excluding hydrogens is 316 g/mol. The minimum Gasteiger partial charge on any atom is -0.459 e. The van der Waals surface area contributed by atoms with Gasteiger partial charge in [0.25, 0.3) is 0 Å². The number of para-hydroxylation sites is 1. The number of ether oxygens (including phenoxy) is 1. The molecular formula is C19H28N4O2. The maximum Gasteiger partial charge on any atom is 0.134 e. The summed E-state index contributed by atoms with van der Waals surface area (Å²) in [5.74, 6) is 1.52. The first kappa shape index (κ1) is 17.0. The average molecular weight is 344 g/mol. The molecule has 3 heterocycles. The molecule has 0 saturated carbocycles. The molecule has 2 aliphatic heterocycles. The molecule has 0 amide bonds. The van der Waals surface area contributed by atoms with Crippen molar-refractivity contribution in [2.24, 2.45) is 5.92 Å². The van der Waals surface area contributed by atoms with Gasteiger partial charge in [0.15, 0.2) is 0 Å². The average Bonchev–Trinajstić information content (AvgIpc) is 3.27. The first-order valence-electron chi connectivity index (χ1n) is 9.25. The van der Waals surface area contributed by atoms with E-state index in [-0.39, 0.29) is 6.04 Å². The molecule has 0 radical (unpaired) electrons. The third-order valence-electron chi connectivity index (χ3n) is 5.29. The molecule has 0 aliphatic carbocycles. The summed E-state index contributed by atoms with van der Waals surface area (Å²) < 4.78 is 11.5. The summed E-state index contributed by atoms with van der Waals surface area (Å²) in [5.41, 5.74) is 7.67. The van der Waals surface area contributed by atoms with Gasteiger partial charge in [-0.2, -0.15) is 0 Å². The Kier molecular flexibility index (Phi) is 5.33. The van der Waals surface area contributed by atoms with Crippen molar-refractivity contribution in [3.05, 3.63) is 36.1 Å². The van der Waals surface area contributed by atoms with Crippen molar-refractivity contribution in [1.82, 2.24) is 20.7 Å². The van der Waals surface area contributed by atoms with Gasteiger partial charge in [0, 0.05) is 50.6 Å². The van der Waals surface area contributed by atoms with Gasteiger partial charge in [-0.3, -0.25) is 10.3 Å². The predicted octanol–water partition coefficient (Wildman–Crippen LogP) is 1.46. The number of morpholine rings is 1. The summed E-state index contributed by atoms with van der Waals surface area (Å²) >= 11 is 0. The summed E-state index contributed by atoms with van der Waals surface area (Å²) in [5, 5.41) is 1.17. The van der Waals surface area contributed by atoms with Gasteiger partial charge in [-0.15, -0.1) is 0 Å². The first-order chi connectivity index (χ1) is 12.3. The lowest BCUT2D eigenvalue weighted by Crippen LogP contribution is -2.41. The lowest BCUT2D eigenvalue weighted by atomic mass is 9.99. The number of hydrazine groups is 1. The van der Waals surface area contributed by atoms with Crippen LogP contribution in [-0.4, -0.2) is 69.3 Å². The minimum atomic E-state index is 0.221. The highest BCUT2D eigenvalue weighted by atomic mass is 16.5. The van der Waals surface area contributed by atoms with E-state index in [1.807, 2.05) is 12.1 Å². The van der Waals surface area contributed by atoms with Gasteiger partial charge in [-0.1, -0.05) is 18.2 Å². The van der Waals surface area contributed by atoms with E-state index in [2.05, 4.69) is 45.9 Å². The topological polar surface area (TPSA) is 52.9 Å². The summed E-state index contributed by atoms with van der Waals surface area (Å²) in [6.45, 7) is 8.06. The van der Waals surface area contributed by atoms with Crippen LogP contribution in [0.25, 0.3) is 11.0 Å². The Morgan fingerprint density at radius 3 is 2.92 bits per heavy atom. The maximum atomic E-state index is 6.08. The van der Waals surface area contributed by atoms with Crippen LogP contribution in [0.3, 0.4) is 0 Å². The molecule has 4 rings (SSSR count). The zero-order valence-corrected chi connectivity index (χ0v) is 14.9. The number of rotatable bonds is 6. The van der Waals surface area contributed by atoms with Crippen LogP contribution < -0.4 is 10.9 Å². The minimum absolute atomic E-state index is 0.221. The normalized spacial score (nSPS) is 25.2. The SMILES string of the molecule is CN(CCN1CCOCC1)CC1CNNC1c1cc2ccccc2o1. The number of benzene rings is 1. The molecule has 2 saturated heterocycles. The smallest absolute Gasteiger partial charge is 0.134 e. The van der Waals surface area contributed by atoms with Crippen LogP contribution in [0.4, 0.5) is 0 Å². The van der Waals surface area contributed by atoms with E-state index in [1.165, 1.54) is 5.39 Å². The number of fused-ring (bicyclic) bond motifs is 1. The van der Waals surface area contributed by atoms with Crippen molar-refractivity contribution < 1.29 is 9.15 Å². The van der Waals surface area contributed by atoms with Gasteiger partial charge < -0.3 is 14.1 Å². The molecule has 0 bridgehead atoms. The largest absolute Gasteiger partial charge is 0.459 e. The second-order valence-corrected chi connectivity index (χ2v) is 7.17. The van der Waals surface area contributed by atoms with Crippen LogP contribution >= 0.6 is 0 Å². The summed E-state index contributed by atoms with van der Waals surface area (Å²) in [6.07, 6.45) is 0. The van der Waals surface area contributed by atoms with E-state index in [0.29, 0.717) is 5.92 Å². The monoisotopic (exact) mass is 344 g/mol. The Balaban J connectivity index is 1.34. The lowest BCUT2D eigenvalue weighted by molar-refractivity contribution is 0.0338. The Bertz CT molecular complexity index is 650. The van der Waals surface area contributed by atoms with Crippen LogP contribution in [0.15, 0.2) is 34.7 Å². The molecule has 1 aromatic heterocycles. The number of hydrogen-bond donors (Lipinski definition) is 2. The van der Waals surface area contributed by atoms with Gasteiger partial charge in [0.05, 0.1) is 19.3 Å². The van der Waals surface area contributed by atoms with Gasteiger partial charge in [0.2, 0.25) is 0 Å². The van der Waals surface area contributed by atoms with Crippen molar-refractivity contribution in [2.45, 2.75) is 6.04 Å². The lowest BCUT2D eigenvalue weighted by Gasteiger charge is -2.29. The molecule has 2 fully saturated rings. The summed E-state index contributed by atoms with van der Waals surface area (Å²) in [4.78, 5) is 4.92. The Hall–Kier alpha value is -1.44. The number of hydrogen-bond acceptors (Lipinski definition) is 6. The van der Waals surface area contributed by atoms with E-state index in [0.717, 1.165) is 63.8 Å². The van der Waals surface area contributed by atoms with E-state index in [4.69, 9.17) is 9.15 Å². The van der Waals surface area contributed by atoms with Gasteiger partial charge in [-0.05, 0) is 19.2 Å². The van der Waals surface area contributed by atoms with Gasteiger partial charge in [0.1, 0.15) is 11.3 Å². The van der Waals surface area contributed by atoms with E-state index < -0.39 is 0 Å². The molecule has 2 unspecified atom stereocenters.